The standard InChI is InChI=1S/C24H16N4O3/c29-19-12-11-15(14-20(19)30)13-18-23(31)26-24-25-21(16-7-3-1-4-8-16)22(27-28(18)24)17-9-5-2-6-10-17/h1-14,30-31H/b15-13-. The van der Waals surface area contributed by atoms with Crippen molar-refractivity contribution in [1.29, 1.82) is 0 Å². The van der Waals surface area contributed by atoms with E-state index in [1.807, 2.05) is 60.7 Å². The fourth-order valence-electron chi connectivity index (χ4n) is 3.37. The zero-order chi connectivity index (χ0) is 21.4. The number of aliphatic hydroxyl groups is 1. The van der Waals surface area contributed by atoms with Crippen molar-refractivity contribution in [3.8, 4) is 28.4 Å². The van der Waals surface area contributed by atoms with Crippen LogP contribution in [0.3, 0.4) is 0 Å². The Morgan fingerprint density at radius 2 is 1.45 bits per heavy atom. The molecule has 0 atom stereocenters. The molecule has 0 amide bonds. The number of aliphatic hydroxyl groups excluding tert-OH is 1. The predicted molar refractivity (Wildman–Crippen MR) is 116 cm³/mol. The number of fused-ring (bicyclic) bond motifs is 1. The summed E-state index contributed by atoms with van der Waals surface area (Å²) in [4.78, 5) is 20.3. The van der Waals surface area contributed by atoms with Gasteiger partial charge in [0.15, 0.2) is 5.76 Å². The first-order valence-electron chi connectivity index (χ1n) is 9.55. The Balaban J connectivity index is 1.75. The molecule has 7 nitrogen and oxygen atoms in total. The molecular formula is C24H16N4O3. The first-order valence-corrected chi connectivity index (χ1v) is 9.55. The monoisotopic (exact) mass is 408 g/mol. The summed E-state index contributed by atoms with van der Waals surface area (Å²) in [5.74, 6) is -0.871. The Bertz CT molecular complexity index is 1400. The van der Waals surface area contributed by atoms with E-state index in [0.717, 1.165) is 11.1 Å². The zero-order valence-electron chi connectivity index (χ0n) is 16.2. The number of ketones is 1. The van der Waals surface area contributed by atoms with E-state index in [-0.39, 0.29) is 23.1 Å². The Morgan fingerprint density at radius 1 is 0.806 bits per heavy atom. The Morgan fingerprint density at radius 3 is 2.10 bits per heavy atom. The Labute approximate surface area is 177 Å². The second-order valence-corrected chi connectivity index (χ2v) is 6.95. The van der Waals surface area contributed by atoms with E-state index >= 15 is 0 Å². The van der Waals surface area contributed by atoms with Gasteiger partial charge in [-0.3, -0.25) is 4.79 Å². The van der Waals surface area contributed by atoms with Crippen LogP contribution in [0.15, 0.2) is 90.2 Å². The molecule has 0 spiro atoms. The van der Waals surface area contributed by atoms with Gasteiger partial charge in [-0.25, -0.2) is 4.98 Å². The van der Waals surface area contributed by atoms with Crippen LogP contribution in [-0.2, 0) is 4.79 Å². The van der Waals surface area contributed by atoms with Crippen molar-refractivity contribution in [3.63, 3.8) is 0 Å². The first-order chi connectivity index (χ1) is 15.1. The minimum Gasteiger partial charge on any atom is -0.504 e. The minimum atomic E-state index is -0.474. The van der Waals surface area contributed by atoms with E-state index in [1.165, 1.54) is 16.7 Å². The van der Waals surface area contributed by atoms with Gasteiger partial charge in [-0.15, -0.1) is 0 Å². The van der Waals surface area contributed by atoms with E-state index in [4.69, 9.17) is 5.10 Å². The number of rotatable bonds is 3. The van der Waals surface area contributed by atoms with Crippen molar-refractivity contribution in [1.82, 2.24) is 19.6 Å². The molecule has 4 aromatic rings. The molecule has 0 unspecified atom stereocenters. The van der Waals surface area contributed by atoms with Crippen molar-refractivity contribution in [2.24, 2.45) is 0 Å². The maximum Gasteiger partial charge on any atom is 0.255 e. The van der Waals surface area contributed by atoms with E-state index in [1.54, 1.807) is 12.2 Å². The van der Waals surface area contributed by atoms with Gasteiger partial charge in [0.05, 0.1) is 0 Å². The number of aromatic hydroxyl groups is 1. The first kappa shape index (κ1) is 18.5. The number of benzene rings is 2. The number of allylic oxidation sites excluding steroid dienone is 4. The van der Waals surface area contributed by atoms with Crippen LogP contribution >= 0.6 is 0 Å². The van der Waals surface area contributed by atoms with E-state index in [0.29, 0.717) is 17.0 Å². The lowest BCUT2D eigenvalue weighted by molar-refractivity contribution is -0.113. The van der Waals surface area contributed by atoms with Gasteiger partial charge in [0.2, 0.25) is 11.7 Å². The summed E-state index contributed by atoms with van der Waals surface area (Å²) in [7, 11) is 0. The van der Waals surface area contributed by atoms with Gasteiger partial charge in [-0.1, -0.05) is 66.7 Å². The number of nitrogens with zero attached hydrogens (tertiary/aromatic N) is 4. The van der Waals surface area contributed by atoms with E-state index in [2.05, 4.69) is 9.97 Å². The topological polar surface area (TPSA) is 101 Å². The molecule has 0 aliphatic heterocycles. The SMILES string of the molecule is O=C1C=C/C(=C/c2c(O)nc3nc(-c4ccccc4)c(-c4ccccc4)nn23)C=C1O. The molecule has 150 valence electrons. The Hall–Kier alpha value is -4.52. The van der Waals surface area contributed by atoms with Gasteiger partial charge < -0.3 is 10.2 Å². The van der Waals surface area contributed by atoms with Crippen LogP contribution in [0.5, 0.6) is 5.88 Å². The highest BCUT2D eigenvalue weighted by Crippen LogP contribution is 2.31. The lowest BCUT2D eigenvalue weighted by Crippen LogP contribution is -2.04. The van der Waals surface area contributed by atoms with Gasteiger partial charge in [0.1, 0.15) is 17.1 Å². The van der Waals surface area contributed by atoms with Crippen LogP contribution < -0.4 is 0 Å². The molecule has 0 bridgehead atoms. The Kier molecular flexibility index (Phi) is 4.41. The van der Waals surface area contributed by atoms with Crippen LogP contribution in [0.1, 0.15) is 5.69 Å². The summed E-state index contributed by atoms with van der Waals surface area (Å²) in [5, 5.41) is 25.0. The van der Waals surface area contributed by atoms with Gasteiger partial charge in [0, 0.05) is 11.1 Å². The highest BCUT2D eigenvalue weighted by molar-refractivity contribution is 6.04. The van der Waals surface area contributed by atoms with Crippen molar-refractivity contribution in [3.05, 3.63) is 95.9 Å². The van der Waals surface area contributed by atoms with E-state index in [9.17, 15) is 15.0 Å². The molecule has 1 aliphatic rings. The van der Waals surface area contributed by atoms with Crippen molar-refractivity contribution >= 4 is 17.6 Å². The van der Waals surface area contributed by atoms with Gasteiger partial charge in [-0.2, -0.15) is 14.6 Å². The molecule has 2 heterocycles. The van der Waals surface area contributed by atoms with Gasteiger partial charge in [-0.05, 0) is 23.8 Å². The van der Waals surface area contributed by atoms with Crippen LogP contribution in [0.4, 0.5) is 0 Å². The third kappa shape index (κ3) is 3.38. The third-order valence-electron chi connectivity index (χ3n) is 4.87. The molecule has 2 aromatic heterocycles. The van der Waals surface area contributed by atoms with E-state index < -0.39 is 5.78 Å². The summed E-state index contributed by atoms with van der Waals surface area (Å²) in [6, 6.07) is 19.3. The molecule has 5 rings (SSSR count). The smallest absolute Gasteiger partial charge is 0.255 e. The lowest BCUT2D eigenvalue weighted by atomic mass is 10.0. The molecule has 31 heavy (non-hydrogen) atoms. The number of carbonyl (C=O) groups is 1. The maximum atomic E-state index is 11.5. The van der Waals surface area contributed by atoms with Crippen molar-refractivity contribution in [2.45, 2.75) is 0 Å². The number of carbonyl (C=O) groups excluding carboxylic acids is 1. The van der Waals surface area contributed by atoms with Crippen LogP contribution in [0, 0.1) is 0 Å². The summed E-state index contributed by atoms with van der Waals surface area (Å²) < 4.78 is 1.45. The summed E-state index contributed by atoms with van der Waals surface area (Å²) in [6.45, 7) is 0. The van der Waals surface area contributed by atoms with Crippen LogP contribution in [0.2, 0.25) is 0 Å². The highest BCUT2D eigenvalue weighted by Gasteiger charge is 2.19. The summed E-state index contributed by atoms with van der Waals surface area (Å²) >= 11 is 0. The fourth-order valence-corrected chi connectivity index (χ4v) is 3.37. The number of imidazole rings is 1. The molecular weight excluding hydrogens is 392 g/mol. The quantitative estimate of drug-likeness (QED) is 0.529. The predicted octanol–water partition coefficient (Wildman–Crippen LogP) is 4.13. The van der Waals surface area contributed by atoms with Crippen molar-refractivity contribution in [2.75, 3.05) is 0 Å². The average molecular weight is 408 g/mol. The lowest BCUT2D eigenvalue weighted by Gasteiger charge is -2.09. The molecule has 0 radical (unpaired) electrons. The number of aromatic nitrogens is 4. The highest BCUT2D eigenvalue weighted by atomic mass is 16.3. The molecule has 2 N–H and O–H groups in total. The second kappa shape index (κ2) is 7.38. The molecule has 0 saturated carbocycles. The molecule has 1 aliphatic carbocycles. The largest absolute Gasteiger partial charge is 0.504 e. The van der Waals surface area contributed by atoms with Crippen LogP contribution in [-0.4, -0.2) is 35.6 Å². The normalized spacial score (nSPS) is 14.9. The summed E-state index contributed by atoms with van der Waals surface area (Å²) in [6.07, 6.45) is 5.71. The average Bonchev–Trinajstić information content (AvgIpc) is 3.10. The molecule has 0 saturated heterocycles. The van der Waals surface area contributed by atoms with Gasteiger partial charge >= 0.3 is 0 Å². The number of hydrogen-bond acceptors (Lipinski definition) is 6. The summed E-state index contributed by atoms with van der Waals surface area (Å²) in [5.41, 5.74) is 3.82. The molecule has 0 fully saturated rings. The van der Waals surface area contributed by atoms with Crippen LogP contribution in [0.25, 0.3) is 34.4 Å². The third-order valence-corrected chi connectivity index (χ3v) is 4.87. The zero-order valence-corrected chi connectivity index (χ0v) is 16.2. The molecule has 2 aromatic carbocycles. The molecule has 7 heteroatoms. The maximum absolute atomic E-state index is 11.5. The fraction of sp³-hybridized carbons (Fsp3) is 0. The number of hydrogen-bond donors (Lipinski definition) is 2. The van der Waals surface area contributed by atoms with Gasteiger partial charge in [0.25, 0.3) is 5.78 Å². The second-order valence-electron chi connectivity index (χ2n) is 6.95. The van der Waals surface area contributed by atoms with Crippen molar-refractivity contribution < 1.29 is 15.0 Å². The minimum absolute atomic E-state index is 0.229.